The summed E-state index contributed by atoms with van der Waals surface area (Å²) in [4.78, 5) is 16.1. The van der Waals surface area contributed by atoms with Gasteiger partial charge >= 0.3 is 0 Å². The molecule has 0 saturated heterocycles. The molecule has 6 heteroatoms. The number of halogens is 1. The molecule has 2 aromatic rings. The Morgan fingerprint density at radius 3 is 2.47 bits per heavy atom. The molecule has 0 amide bonds. The van der Waals surface area contributed by atoms with Crippen LogP contribution in [0.15, 0.2) is 24.7 Å². The predicted octanol–water partition coefficient (Wildman–Crippen LogP) is 1.60. The fourth-order valence-corrected chi connectivity index (χ4v) is 1.22. The highest BCUT2D eigenvalue weighted by Crippen LogP contribution is 2.22. The number of hydrogen-bond acceptors (Lipinski definition) is 5. The number of aromatic nitrogens is 4. The molecule has 0 N–H and O–H groups in total. The first kappa shape index (κ1) is 9.79. The molecular weight excluding hydrogens is 216 g/mol. The van der Waals surface area contributed by atoms with E-state index in [1.54, 1.807) is 18.5 Å². The van der Waals surface area contributed by atoms with Crippen LogP contribution >= 0.6 is 11.6 Å². The van der Waals surface area contributed by atoms with Crippen molar-refractivity contribution < 1.29 is 4.74 Å². The molecule has 0 bridgehead atoms. The van der Waals surface area contributed by atoms with Gasteiger partial charge < -0.3 is 4.74 Å². The molecule has 76 valence electrons. The predicted molar refractivity (Wildman–Crippen MR) is 54.6 cm³/mol. The van der Waals surface area contributed by atoms with Gasteiger partial charge in [-0.1, -0.05) is 11.6 Å². The highest BCUT2D eigenvalue weighted by molar-refractivity contribution is 6.30. The Hall–Kier alpha value is -1.75. The van der Waals surface area contributed by atoms with Gasteiger partial charge in [-0.25, -0.2) is 19.9 Å². The average molecular weight is 223 g/mol. The van der Waals surface area contributed by atoms with Gasteiger partial charge in [0.1, 0.15) is 0 Å². The molecular formula is C9H7ClN4O. The lowest BCUT2D eigenvalue weighted by molar-refractivity contribution is 0.411. The van der Waals surface area contributed by atoms with Crippen molar-refractivity contribution in [1.29, 1.82) is 0 Å². The zero-order valence-corrected chi connectivity index (χ0v) is 8.64. The summed E-state index contributed by atoms with van der Waals surface area (Å²) in [7, 11) is 1.50. The van der Waals surface area contributed by atoms with Crippen molar-refractivity contribution in [2.45, 2.75) is 0 Å². The van der Waals surface area contributed by atoms with Gasteiger partial charge in [-0.05, 0) is 6.07 Å². The van der Waals surface area contributed by atoms with Crippen LogP contribution in [0.1, 0.15) is 0 Å². The molecule has 0 aliphatic heterocycles. The number of rotatable bonds is 2. The average Bonchev–Trinajstić information content (AvgIpc) is 2.30. The van der Waals surface area contributed by atoms with Crippen molar-refractivity contribution in [3.63, 3.8) is 0 Å². The minimum atomic E-state index is 0.245. The minimum absolute atomic E-state index is 0.245. The van der Waals surface area contributed by atoms with Crippen LogP contribution in [0.3, 0.4) is 0 Å². The van der Waals surface area contributed by atoms with Crippen molar-refractivity contribution in [3.05, 3.63) is 29.8 Å². The summed E-state index contributed by atoms with van der Waals surface area (Å²) in [5.41, 5.74) is 0. The summed E-state index contributed by atoms with van der Waals surface area (Å²) in [5.74, 6) is 1.24. The van der Waals surface area contributed by atoms with E-state index in [1.165, 1.54) is 13.3 Å². The minimum Gasteiger partial charge on any atom is -0.492 e. The molecule has 0 unspecified atom stereocenters. The second-order valence-corrected chi connectivity index (χ2v) is 2.98. The summed E-state index contributed by atoms with van der Waals surface area (Å²) < 4.78 is 4.94. The molecule has 0 fully saturated rings. The van der Waals surface area contributed by atoms with Crippen molar-refractivity contribution in [3.8, 4) is 17.4 Å². The quantitative estimate of drug-likeness (QED) is 0.723. The third kappa shape index (κ3) is 2.02. The van der Waals surface area contributed by atoms with Crippen LogP contribution in [0.2, 0.25) is 5.15 Å². The van der Waals surface area contributed by atoms with E-state index in [0.29, 0.717) is 17.4 Å². The van der Waals surface area contributed by atoms with E-state index in [1.807, 2.05) is 0 Å². The Morgan fingerprint density at radius 1 is 1.13 bits per heavy atom. The molecule has 2 heterocycles. The fraction of sp³-hybridized carbons (Fsp3) is 0.111. The van der Waals surface area contributed by atoms with Crippen molar-refractivity contribution in [1.82, 2.24) is 19.9 Å². The largest absolute Gasteiger partial charge is 0.492 e. The van der Waals surface area contributed by atoms with E-state index in [2.05, 4.69) is 19.9 Å². The molecule has 0 aromatic carbocycles. The maximum atomic E-state index is 5.85. The standard InChI is InChI=1S/C9H7ClN4O/c1-15-6-5-13-9(14-7(6)10)8-11-3-2-4-12-8/h2-5H,1H3. The number of hydrogen-bond donors (Lipinski definition) is 0. The first-order chi connectivity index (χ1) is 7.31. The van der Waals surface area contributed by atoms with Gasteiger partial charge in [-0.15, -0.1) is 0 Å². The lowest BCUT2D eigenvalue weighted by Gasteiger charge is -2.02. The molecule has 5 nitrogen and oxygen atoms in total. The van der Waals surface area contributed by atoms with E-state index < -0.39 is 0 Å². The van der Waals surface area contributed by atoms with Crippen LogP contribution in [0, 0.1) is 0 Å². The highest BCUT2D eigenvalue weighted by atomic mass is 35.5. The van der Waals surface area contributed by atoms with Gasteiger partial charge in [0.25, 0.3) is 0 Å². The molecule has 2 rings (SSSR count). The Morgan fingerprint density at radius 2 is 1.87 bits per heavy atom. The van der Waals surface area contributed by atoms with Gasteiger partial charge in [0.05, 0.1) is 13.3 Å². The molecule has 0 aliphatic rings. The molecule has 0 aliphatic carbocycles. The SMILES string of the molecule is COc1cnc(-c2ncccn2)nc1Cl. The summed E-state index contributed by atoms with van der Waals surface area (Å²) in [6.45, 7) is 0. The van der Waals surface area contributed by atoms with E-state index in [9.17, 15) is 0 Å². The summed E-state index contributed by atoms with van der Waals surface area (Å²) in [6.07, 6.45) is 4.72. The third-order valence-corrected chi connectivity index (χ3v) is 1.97. The Balaban J connectivity index is 2.43. The van der Waals surface area contributed by atoms with Crippen LogP contribution in [-0.4, -0.2) is 27.0 Å². The molecule has 0 spiro atoms. The third-order valence-electron chi connectivity index (χ3n) is 1.70. The van der Waals surface area contributed by atoms with Gasteiger partial charge in [-0.3, -0.25) is 0 Å². The molecule has 0 atom stereocenters. The number of ether oxygens (including phenoxy) is 1. The van der Waals surface area contributed by atoms with Crippen LogP contribution in [0.25, 0.3) is 11.6 Å². The van der Waals surface area contributed by atoms with Crippen molar-refractivity contribution in [2.24, 2.45) is 0 Å². The van der Waals surface area contributed by atoms with E-state index in [4.69, 9.17) is 16.3 Å². The zero-order chi connectivity index (χ0) is 10.7. The van der Waals surface area contributed by atoms with E-state index in [-0.39, 0.29) is 5.15 Å². The van der Waals surface area contributed by atoms with E-state index >= 15 is 0 Å². The normalized spacial score (nSPS) is 10.0. The zero-order valence-electron chi connectivity index (χ0n) is 7.88. The molecule has 0 saturated carbocycles. The summed E-state index contributed by atoms with van der Waals surface area (Å²) in [6, 6.07) is 1.72. The molecule has 15 heavy (non-hydrogen) atoms. The monoisotopic (exact) mass is 222 g/mol. The van der Waals surface area contributed by atoms with Crippen molar-refractivity contribution in [2.75, 3.05) is 7.11 Å². The molecule has 2 aromatic heterocycles. The number of methoxy groups -OCH3 is 1. The maximum Gasteiger partial charge on any atom is 0.199 e. The Labute approximate surface area is 91.1 Å². The summed E-state index contributed by atoms with van der Waals surface area (Å²) >= 11 is 5.85. The first-order valence-corrected chi connectivity index (χ1v) is 4.53. The lowest BCUT2D eigenvalue weighted by Crippen LogP contribution is -1.96. The second-order valence-electron chi connectivity index (χ2n) is 2.63. The lowest BCUT2D eigenvalue weighted by atomic mass is 10.5. The smallest absolute Gasteiger partial charge is 0.199 e. The van der Waals surface area contributed by atoms with Crippen LogP contribution < -0.4 is 4.74 Å². The van der Waals surface area contributed by atoms with Crippen LogP contribution in [0.5, 0.6) is 5.75 Å². The molecule has 0 radical (unpaired) electrons. The van der Waals surface area contributed by atoms with Crippen molar-refractivity contribution >= 4 is 11.6 Å². The fourth-order valence-electron chi connectivity index (χ4n) is 1.01. The first-order valence-electron chi connectivity index (χ1n) is 4.15. The van der Waals surface area contributed by atoms with Gasteiger partial charge in [0.2, 0.25) is 0 Å². The Kier molecular flexibility index (Phi) is 2.73. The maximum absolute atomic E-state index is 5.85. The van der Waals surface area contributed by atoms with Gasteiger partial charge in [0, 0.05) is 12.4 Å². The second kappa shape index (κ2) is 4.18. The number of nitrogens with zero attached hydrogens (tertiary/aromatic N) is 4. The van der Waals surface area contributed by atoms with E-state index in [0.717, 1.165) is 0 Å². The Bertz CT molecular complexity index is 463. The highest BCUT2D eigenvalue weighted by Gasteiger charge is 2.08. The van der Waals surface area contributed by atoms with Gasteiger partial charge in [-0.2, -0.15) is 0 Å². The van der Waals surface area contributed by atoms with Crippen LogP contribution in [0.4, 0.5) is 0 Å². The van der Waals surface area contributed by atoms with Crippen LogP contribution in [-0.2, 0) is 0 Å². The topological polar surface area (TPSA) is 60.8 Å². The van der Waals surface area contributed by atoms with Gasteiger partial charge in [0.15, 0.2) is 22.6 Å². The summed E-state index contributed by atoms with van der Waals surface area (Å²) in [5, 5.41) is 0.245.